The van der Waals surface area contributed by atoms with Crippen LogP contribution in [0.2, 0.25) is 0 Å². The highest BCUT2D eigenvalue weighted by Gasteiger charge is 2.22. The van der Waals surface area contributed by atoms with Crippen LogP contribution in [0.5, 0.6) is 0 Å². The molecular formula is C44H25N3OS. The van der Waals surface area contributed by atoms with E-state index in [2.05, 4.69) is 150 Å². The average molecular weight is 644 g/mol. The van der Waals surface area contributed by atoms with Gasteiger partial charge in [-0.25, -0.2) is 9.97 Å². The van der Waals surface area contributed by atoms with Crippen molar-refractivity contribution < 1.29 is 4.42 Å². The Balaban J connectivity index is 1.23. The number of benzene rings is 7. The SMILES string of the molecule is c1ccc(-c2nc(-c3cccc4c3oc3ccc5c(c6ccccc6n5-c5ccccc5)c34)nc3ccc4sc5ccccc5c4c23)cc1. The van der Waals surface area contributed by atoms with Crippen LogP contribution in [0.3, 0.4) is 0 Å². The van der Waals surface area contributed by atoms with Gasteiger partial charge in [-0.15, -0.1) is 11.3 Å². The molecule has 0 saturated carbocycles. The van der Waals surface area contributed by atoms with Crippen molar-refractivity contribution in [1.29, 1.82) is 0 Å². The summed E-state index contributed by atoms with van der Waals surface area (Å²) in [5.74, 6) is 0.651. The molecule has 0 fully saturated rings. The summed E-state index contributed by atoms with van der Waals surface area (Å²) in [6.07, 6.45) is 0. The van der Waals surface area contributed by atoms with Crippen molar-refractivity contribution in [2.75, 3.05) is 0 Å². The van der Waals surface area contributed by atoms with Gasteiger partial charge in [0.2, 0.25) is 0 Å². The molecule has 0 unspecified atom stereocenters. The van der Waals surface area contributed by atoms with Crippen molar-refractivity contribution in [3.05, 3.63) is 152 Å². The van der Waals surface area contributed by atoms with E-state index in [0.29, 0.717) is 5.82 Å². The topological polar surface area (TPSA) is 43.9 Å². The summed E-state index contributed by atoms with van der Waals surface area (Å²) in [4.78, 5) is 10.7. The first-order valence-electron chi connectivity index (χ1n) is 16.4. The van der Waals surface area contributed by atoms with Crippen molar-refractivity contribution in [2.24, 2.45) is 0 Å². The third-order valence-electron chi connectivity index (χ3n) is 9.80. The maximum Gasteiger partial charge on any atom is 0.164 e. The van der Waals surface area contributed by atoms with Crippen LogP contribution in [0.25, 0.3) is 103 Å². The van der Waals surface area contributed by atoms with Gasteiger partial charge < -0.3 is 8.98 Å². The number of furan rings is 1. The first-order chi connectivity index (χ1) is 24.3. The molecule has 5 heteroatoms. The zero-order valence-corrected chi connectivity index (χ0v) is 26.9. The van der Waals surface area contributed by atoms with Gasteiger partial charge in [-0.1, -0.05) is 97.1 Å². The summed E-state index contributed by atoms with van der Waals surface area (Å²) in [5, 5.41) is 8.07. The molecule has 7 aromatic carbocycles. The standard InChI is InChI=1S/C44H25N3OS/c1-3-12-26(13-4-1)42-41-32(22-25-37-40(41)29-17-8-10-21-36(29)49-37)45-44(46-42)31-19-11-18-30-39-35(48-43(30)31)24-23-34-38(39)28-16-7-9-20-33(28)47(34)27-14-5-2-6-15-27/h1-25H. The van der Waals surface area contributed by atoms with Crippen LogP contribution in [-0.4, -0.2) is 14.5 Å². The Hall–Kier alpha value is -6.30. The Morgan fingerprint density at radius 1 is 0.490 bits per heavy atom. The molecule has 228 valence electrons. The van der Waals surface area contributed by atoms with Gasteiger partial charge in [-0.3, -0.25) is 0 Å². The van der Waals surface area contributed by atoms with Crippen molar-refractivity contribution in [1.82, 2.24) is 14.5 Å². The molecule has 0 saturated heterocycles. The quantitative estimate of drug-likeness (QED) is 0.192. The fourth-order valence-electron chi connectivity index (χ4n) is 7.74. The molecule has 0 aliphatic carbocycles. The minimum Gasteiger partial charge on any atom is -0.455 e. The number of fused-ring (bicyclic) bond motifs is 12. The average Bonchev–Trinajstić information content (AvgIpc) is 3.84. The van der Waals surface area contributed by atoms with Gasteiger partial charge in [0.05, 0.1) is 27.8 Å². The van der Waals surface area contributed by atoms with Crippen LogP contribution < -0.4 is 0 Å². The molecule has 0 spiro atoms. The molecule has 11 rings (SSSR count). The van der Waals surface area contributed by atoms with Gasteiger partial charge in [0.1, 0.15) is 11.2 Å². The third kappa shape index (κ3) is 3.79. The molecule has 11 aromatic rings. The number of para-hydroxylation sites is 3. The van der Waals surface area contributed by atoms with Crippen LogP contribution in [0.4, 0.5) is 0 Å². The molecule has 0 aliphatic heterocycles. The van der Waals surface area contributed by atoms with E-state index >= 15 is 0 Å². The second kappa shape index (κ2) is 10.1. The molecule has 4 aromatic heterocycles. The molecule has 0 N–H and O–H groups in total. The molecule has 0 amide bonds. The second-order valence-corrected chi connectivity index (χ2v) is 13.6. The first kappa shape index (κ1) is 26.7. The third-order valence-corrected chi connectivity index (χ3v) is 10.9. The first-order valence-corrected chi connectivity index (χ1v) is 17.2. The maximum absolute atomic E-state index is 6.80. The van der Waals surface area contributed by atoms with E-state index in [9.17, 15) is 0 Å². The molecule has 0 atom stereocenters. The lowest BCUT2D eigenvalue weighted by molar-refractivity contribution is 0.670. The van der Waals surface area contributed by atoms with Gasteiger partial charge in [0.25, 0.3) is 0 Å². The minimum absolute atomic E-state index is 0.651. The number of nitrogens with zero attached hydrogens (tertiary/aromatic N) is 3. The number of hydrogen-bond acceptors (Lipinski definition) is 4. The van der Waals surface area contributed by atoms with E-state index in [1.807, 2.05) is 17.4 Å². The highest BCUT2D eigenvalue weighted by atomic mass is 32.1. The van der Waals surface area contributed by atoms with E-state index in [1.165, 1.54) is 36.5 Å². The zero-order valence-electron chi connectivity index (χ0n) is 26.1. The normalized spacial score (nSPS) is 12.1. The fourth-order valence-corrected chi connectivity index (χ4v) is 8.86. The van der Waals surface area contributed by atoms with Crippen LogP contribution in [-0.2, 0) is 0 Å². The molecule has 49 heavy (non-hydrogen) atoms. The lowest BCUT2D eigenvalue weighted by Crippen LogP contribution is -1.96. The predicted octanol–water partition coefficient (Wildman–Crippen LogP) is 12.3. The summed E-state index contributed by atoms with van der Waals surface area (Å²) >= 11 is 1.81. The maximum atomic E-state index is 6.80. The summed E-state index contributed by atoms with van der Waals surface area (Å²) in [7, 11) is 0. The lowest BCUT2D eigenvalue weighted by Gasteiger charge is -2.11. The van der Waals surface area contributed by atoms with Crippen molar-refractivity contribution in [3.63, 3.8) is 0 Å². The summed E-state index contributed by atoms with van der Waals surface area (Å²) in [5.41, 5.74) is 8.87. The Morgan fingerprint density at radius 3 is 2.12 bits per heavy atom. The van der Waals surface area contributed by atoms with Crippen LogP contribution in [0.15, 0.2) is 156 Å². The Labute approximate surface area is 284 Å². The molecule has 4 heterocycles. The van der Waals surface area contributed by atoms with Gasteiger partial charge in [0.15, 0.2) is 5.82 Å². The fraction of sp³-hybridized carbons (Fsp3) is 0. The smallest absolute Gasteiger partial charge is 0.164 e. The summed E-state index contributed by atoms with van der Waals surface area (Å²) in [6, 6.07) is 53.3. The summed E-state index contributed by atoms with van der Waals surface area (Å²) < 4.78 is 11.6. The number of aromatic nitrogens is 3. The lowest BCUT2D eigenvalue weighted by atomic mass is 10.0. The van der Waals surface area contributed by atoms with E-state index in [0.717, 1.165) is 60.9 Å². The minimum atomic E-state index is 0.651. The van der Waals surface area contributed by atoms with Crippen LogP contribution >= 0.6 is 11.3 Å². The second-order valence-electron chi connectivity index (χ2n) is 12.5. The van der Waals surface area contributed by atoms with Gasteiger partial charge in [0, 0.05) is 58.4 Å². The van der Waals surface area contributed by atoms with E-state index in [4.69, 9.17) is 14.4 Å². The molecule has 4 nitrogen and oxygen atoms in total. The zero-order chi connectivity index (χ0) is 32.1. The molecule has 0 aliphatic rings. The van der Waals surface area contributed by atoms with Gasteiger partial charge in [-0.05, 0) is 54.6 Å². The van der Waals surface area contributed by atoms with E-state index in [1.54, 1.807) is 0 Å². The van der Waals surface area contributed by atoms with Gasteiger partial charge in [-0.2, -0.15) is 0 Å². The summed E-state index contributed by atoms with van der Waals surface area (Å²) in [6.45, 7) is 0. The largest absolute Gasteiger partial charge is 0.455 e. The predicted molar refractivity (Wildman–Crippen MR) is 205 cm³/mol. The monoisotopic (exact) mass is 643 g/mol. The molecular weight excluding hydrogens is 619 g/mol. The Bertz CT molecular complexity index is 3100. The van der Waals surface area contributed by atoms with E-state index in [-0.39, 0.29) is 0 Å². The number of hydrogen-bond donors (Lipinski definition) is 0. The van der Waals surface area contributed by atoms with Crippen LogP contribution in [0, 0.1) is 0 Å². The number of rotatable bonds is 3. The highest BCUT2D eigenvalue weighted by molar-refractivity contribution is 7.26. The van der Waals surface area contributed by atoms with Gasteiger partial charge >= 0.3 is 0 Å². The Kier molecular flexibility index (Phi) is 5.51. The number of thiophene rings is 1. The van der Waals surface area contributed by atoms with Crippen molar-refractivity contribution in [3.8, 4) is 28.3 Å². The molecule has 0 bridgehead atoms. The van der Waals surface area contributed by atoms with Crippen molar-refractivity contribution >= 4 is 86.2 Å². The molecule has 0 radical (unpaired) electrons. The highest BCUT2D eigenvalue weighted by Crippen LogP contribution is 2.45. The van der Waals surface area contributed by atoms with Crippen molar-refractivity contribution in [2.45, 2.75) is 0 Å². The Morgan fingerprint density at radius 2 is 1.24 bits per heavy atom. The van der Waals surface area contributed by atoms with Crippen LogP contribution in [0.1, 0.15) is 0 Å². The van der Waals surface area contributed by atoms with E-state index < -0.39 is 0 Å².